The zero-order valence-electron chi connectivity index (χ0n) is 14.8. The van der Waals surface area contributed by atoms with E-state index in [9.17, 15) is 8.42 Å². The van der Waals surface area contributed by atoms with E-state index in [2.05, 4.69) is 37.8 Å². The largest absolute Gasteiger partial charge is 0.352 e. The second-order valence-electron chi connectivity index (χ2n) is 6.26. The summed E-state index contributed by atoms with van der Waals surface area (Å²) in [7, 11) is -1.71. The Bertz CT molecular complexity index is 930. The predicted octanol–water partition coefficient (Wildman–Crippen LogP) is 2.99. The number of rotatable bonds is 4. The fourth-order valence-electron chi connectivity index (χ4n) is 2.74. The van der Waals surface area contributed by atoms with E-state index in [0.717, 1.165) is 30.7 Å². The van der Waals surface area contributed by atoms with E-state index in [0.29, 0.717) is 16.4 Å². The second-order valence-corrected chi connectivity index (χ2v) is 9.24. The highest BCUT2D eigenvalue weighted by molar-refractivity contribution is 9.10. The number of nitrogens with one attached hydrogen (secondary N) is 1. The predicted molar refractivity (Wildman–Crippen MR) is 112 cm³/mol. The maximum atomic E-state index is 12.6. The lowest BCUT2D eigenvalue weighted by molar-refractivity contribution is 0.215. The molecule has 1 aliphatic rings. The molecule has 0 atom stereocenters. The topological polar surface area (TPSA) is 65.0 Å². The fourth-order valence-corrected chi connectivity index (χ4v) is 4.13. The van der Waals surface area contributed by atoms with Crippen molar-refractivity contribution in [3.8, 4) is 0 Å². The molecule has 9 heteroatoms. The van der Waals surface area contributed by atoms with Crippen LogP contribution < -0.4 is 4.83 Å². The molecule has 2 aromatic rings. The summed E-state index contributed by atoms with van der Waals surface area (Å²) in [5.74, 6) is 0.508. The molecule has 0 unspecified atom stereocenters. The van der Waals surface area contributed by atoms with Gasteiger partial charge in [0, 0.05) is 36.2 Å². The number of nitrogens with zero attached hydrogens (tertiary/aromatic N) is 3. The van der Waals surface area contributed by atoms with Gasteiger partial charge in [-0.2, -0.15) is 13.2 Å². The van der Waals surface area contributed by atoms with E-state index in [4.69, 9.17) is 11.6 Å². The molecule has 144 valence electrons. The Labute approximate surface area is 173 Å². The molecule has 0 amide bonds. The first-order valence-corrected chi connectivity index (χ1v) is 11.1. The van der Waals surface area contributed by atoms with Gasteiger partial charge in [-0.05, 0) is 37.4 Å². The molecule has 27 heavy (non-hydrogen) atoms. The normalized spacial score (nSPS) is 16.4. The van der Waals surface area contributed by atoms with Crippen molar-refractivity contribution in [3.05, 3.63) is 63.6 Å². The van der Waals surface area contributed by atoms with Crippen molar-refractivity contribution in [2.75, 3.05) is 33.2 Å². The van der Waals surface area contributed by atoms with Gasteiger partial charge in [0.15, 0.2) is 5.84 Å². The molecule has 0 radical (unpaired) electrons. The Morgan fingerprint density at radius 1 is 1.11 bits per heavy atom. The SMILES string of the molecule is CN1CCN(C(=NNS(=O)(=O)c2ccccc2)c2cc(Br)ccc2Cl)CC1. The minimum atomic E-state index is -3.77. The summed E-state index contributed by atoms with van der Waals surface area (Å²) in [4.78, 5) is 6.78. The van der Waals surface area contributed by atoms with Crippen LogP contribution in [0.3, 0.4) is 0 Å². The Morgan fingerprint density at radius 3 is 2.44 bits per heavy atom. The standard InChI is InChI=1S/C18H20BrClN4O2S/c1-23-9-11-24(12-10-23)18(16-13-14(19)7-8-17(16)20)21-22-27(25,26)15-5-3-2-4-6-15/h2-8,13,22H,9-12H2,1H3. The molecule has 1 fully saturated rings. The Kier molecular flexibility index (Phi) is 6.41. The molecule has 0 spiro atoms. The van der Waals surface area contributed by atoms with Crippen LogP contribution in [0.2, 0.25) is 5.02 Å². The molecular weight excluding hydrogens is 452 g/mol. The van der Waals surface area contributed by atoms with Gasteiger partial charge < -0.3 is 9.80 Å². The number of benzene rings is 2. The number of halogens is 2. The van der Waals surface area contributed by atoms with Gasteiger partial charge in [-0.1, -0.05) is 45.7 Å². The van der Waals surface area contributed by atoms with Crippen LogP contribution in [-0.4, -0.2) is 57.3 Å². The second kappa shape index (κ2) is 8.60. The zero-order valence-corrected chi connectivity index (χ0v) is 17.9. The number of hydrazone groups is 1. The minimum absolute atomic E-state index is 0.159. The quantitative estimate of drug-likeness (QED) is 0.423. The van der Waals surface area contributed by atoms with Crippen molar-refractivity contribution in [1.82, 2.24) is 14.6 Å². The van der Waals surface area contributed by atoms with E-state index in [-0.39, 0.29) is 4.90 Å². The van der Waals surface area contributed by atoms with E-state index >= 15 is 0 Å². The average Bonchev–Trinajstić information content (AvgIpc) is 2.66. The van der Waals surface area contributed by atoms with E-state index < -0.39 is 10.0 Å². The highest BCUT2D eigenvalue weighted by atomic mass is 79.9. The summed E-state index contributed by atoms with van der Waals surface area (Å²) in [6, 6.07) is 13.6. The number of hydrogen-bond acceptors (Lipinski definition) is 4. The van der Waals surface area contributed by atoms with Gasteiger partial charge in [0.05, 0.1) is 9.92 Å². The average molecular weight is 472 g/mol. The van der Waals surface area contributed by atoms with Crippen LogP contribution in [0.25, 0.3) is 0 Å². The maximum Gasteiger partial charge on any atom is 0.276 e. The number of sulfonamides is 1. The van der Waals surface area contributed by atoms with Crippen molar-refractivity contribution in [1.29, 1.82) is 0 Å². The summed E-state index contributed by atoms with van der Waals surface area (Å²) in [5.41, 5.74) is 0.673. The highest BCUT2D eigenvalue weighted by Crippen LogP contribution is 2.23. The van der Waals surface area contributed by atoms with Gasteiger partial charge in [0.25, 0.3) is 10.0 Å². The van der Waals surface area contributed by atoms with Crippen LogP contribution in [0.5, 0.6) is 0 Å². The van der Waals surface area contributed by atoms with Crippen molar-refractivity contribution in [3.63, 3.8) is 0 Å². The zero-order chi connectivity index (χ0) is 19.4. The highest BCUT2D eigenvalue weighted by Gasteiger charge is 2.22. The molecule has 1 aliphatic heterocycles. The van der Waals surface area contributed by atoms with Crippen molar-refractivity contribution in [2.45, 2.75) is 4.90 Å². The molecular formula is C18H20BrClN4O2S. The molecule has 1 heterocycles. The third-order valence-electron chi connectivity index (χ3n) is 4.30. The van der Waals surface area contributed by atoms with Crippen LogP contribution in [0.15, 0.2) is 63.0 Å². The van der Waals surface area contributed by atoms with E-state index in [1.165, 1.54) is 12.1 Å². The lowest BCUT2D eigenvalue weighted by atomic mass is 10.1. The van der Waals surface area contributed by atoms with Gasteiger partial charge in [-0.25, -0.2) is 0 Å². The molecule has 2 aromatic carbocycles. The molecule has 3 rings (SSSR count). The van der Waals surface area contributed by atoms with Crippen LogP contribution in [-0.2, 0) is 10.0 Å². The summed E-state index contributed by atoms with van der Waals surface area (Å²) < 4.78 is 26.0. The van der Waals surface area contributed by atoms with Gasteiger partial charge >= 0.3 is 0 Å². The number of amidine groups is 1. The first kappa shape index (κ1) is 20.1. The molecule has 0 aliphatic carbocycles. The lowest BCUT2D eigenvalue weighted by Gasteiger charge is -2.34. The number of likely N-dealkylation sites (N-methyl/N-ethyl adjacent to an activating group) is 1. The van der Waals surface area contributed by atoms with Crippen LogP contribution in [0.4, 0.5) is 0 Å². The van der Waals surface area contributed by atoms with Crippen molar-refractivity contribution in [2.24, 2.45) is 5.10 Å². The molecule has 0 saturated carbocycles. The summed E-state index contributed by atoms with van der Waals surface area (Å²) in [6.45, 7) is 3.17. The first-order valence-electron chi connectivity index (χ1n) is 8.40. The molecule has 6 nitrogen and oxygen atoms in total. The van der Waals surface area contributed by atoms with Crippen LogP contribution >= 0.6 is 27.5 Å². The van der Waals surface area contributed by atoms with Gasteiger partial charge in [0.1, 0.15) is 0 Å². The molecule has 1 N–H and O–H groups in total. The first-order chi connectivity index (χ1) is 12.9. The van der Waals surface area contributed by atoms with Gasteiger partial charge in [0.2, 0.25) is 0 Å². The van der Waals surface area contributed by atoms with Crippen LogP contribution in [0.1, 0.15) is 5.56 Å². The maximum absolute atomic E-state index is 12.6. The molecule has 0 bridgehead atoms. The third kappa shape index (κ3) is 5.01. The number of piperazine rings is 1. The Hall–Kier alpha value is -1.61. The lowest BCUT2D eigenvalue weighted by Crippen LogP contribution is -2.48. The van der Waals surface area contributed by atoms with Gasteiger partial charge in [-0.15, -0.1) is 5.10 Å². The summed E-state index contributed by atoms with van der Waals surface area (Å²) >= 11 is 9.84. The van der Waals surface area contributed by atoms with E-state index in [1.807, 2.05) is 17.0 Å². The van der Waals surface area contributed by atoms with Crippen molar-refractivity contribution >= 4 is 43.4 Å². The van der Waals surface area contributed by atoms with Crippen molar-refractivity contribution < 1.29 is 8.42 Å². The summed E-state index contributed by atoms with van der Waals surface area (Å²) in [6.07, 6.45) is 0. The number of hydrogen-bond donors (Lipinski definition) is 1. The Balaban J connectivity index is 1.96. The van der Waals surface area contributed by atoms with E-state index in [1.54, 1.807) is 24.3 Å². The third-order valence-corrected chi connectivity index (χ3v) is 6.34. The van der Waals surface area contributed by atoms with Crippen LogP contribution in [0, 0.1) is 0 Å². The summed E-state index contributed by atoms with van der Waals surface area (Å²) in [5, 5.41) is 4.78. The monoisotopic (exact) mass is 470 g/mol. The molecule has 0 aromatic heterocycles. The van der Waals surface area contributed by atoms with Gasteiger partial charge in [-0.3, -0.25) is 0 Å². The Morgan fingerprint density at radius 2 is 1.78 bits per heavy atom. The fraction of sp³-hybridized carbons (Fsp3) is 0.278. The minimum Gasteiger partial charge on any atom is -0.352 e. The smallest absolute Gasteiger partial charge is 0.276 e. The molecule has 1 saturated heterocycles.